The number of carboxylic acid groups (broad SMARTS) is 1. The van der Waals surface area contributed by atoms with Crippen LogP contribution in [-0.4, -0.2) is 36.1 Å². The zero-order valence-corrected chi connectivity index (χ0v) is 11.3. The Morgan fingerprint density at radius 1 is 1.40 bits per heavy atom. The van der Waals surface area contributed by atoms with Crippen LogP contribution in [0.5, 0.6) is 0 Å². The summed E-state index contributed by atoms with van der Waals surface area (Å²) in [7, 11) is 0. The summed E-state index contributed by atoms with van der Waals surface area (Å²) in [5.41, 5.74) is 2.48. The number of anilines is 1. The van der Waals surface area contributed by atoms with E-state index in [1.807, 2.05) is 6.07 Å². The van der Waals surface area contributed by atoms with Gasteiger partial charge >= 0.3 is 5.97 Å². The van der Waals surface area contributed by atoms with Crippen LogP contribution in [0.15, 0.2) is 18.2 Å². The molecule has 0 spiro atoms. The summed E-state index contributed by atoms with van der Waals surface area (Å²) >= 11 is 0. The Kier molecular flexibility index (Phi) is 3.34. The Hall–Kier alpha value is -2.04. The molecule has 0 radical (unpaired) electrons. The molecule has 20 heavy (non-hydrogen) atoms. The predicted molar refractivity (Wildman–Crippen MR) is 75.1 cm³/mol. The topological polar surface area (TPSA) is 69.6 Å². The lowest BCUT2D eigenvalue weighted by Crippen LogP contribution is -2.36. The Bertz CT molecular complexity index is 556. The maximum atomic E-state index is 11.7. The number of carboxylic acids is 1. The van der Waals surface area contributed by atoms with Gasteiger partial charge in [0.15, 0.2) is 0 Å². The van der Waals surface area contributed by atoms with Crippen molar-refractivity contribution in [2.75, 3.05) is 18.0 Å². The molecule has 1 saturated heterocycles. The molecule has 1 amide bonds. The summed E-state index contributed by atoms with van der Waals surface area (Å²) in [5.74, 6) is -0.811. The van der Waals surface area contributed by atoms with Gasteiger partial charge in [0.05, 0.1) is 5.56 Å². The van der Waals surface area contributed by atoms with E-state index in [2.05, 4.69) is 10.2 Å². The molecular formula is C15H18N2O3. The first-order chi connectivity index (χ1) is 9.65. The number of carbonyl (C=O) groups excluding carboxylic acids is 1. The number of fused-ring (bicyclic) bond motifs is 1. The molecule has 5 nitrogen and oxygen atoms in total. The molecule has 106 valence electrons. The second kappa shape index (κ2) is 5.15. The highest BCUT2D eigenvalue weighted by Crippen LogP contribution is 2.33. The average Bonchev–Trinajstić information content (AvgIpc) is 2.73. The van der Waals surface area contributed by atoms with Gasteiger partial charge in [0, 0.05) is 31.2 Å². The number of carbonyl (C=O) groups is 2. The summed E-state index contributed by atoms with van der Waals surface area (Å²) in [6, 6.07) is 5.48. The number of amides is 1. The van der Waals surface area contributed by atoms with Gasteiger partial charge in [0.25, 0.3) is 0 Å². The van der Waals surface area contributed by atoms with Crippen LogP contribution >= 0.6 is 0 Å². The van der Waals surface area contributed by atoms with Crippen molar-refractivity contribution in [2.24, 2.45) is 0 Å². The number of aromatic carboxylic acids is 1. The lowest BCUT2D eigenvalue weighted by Gasteiger charge is -2.29. The third-order valence-corrected chi connectivity index (χ3v) is 4.16. The molecule has 0 saturated carbocycles. The maximum absolute atomic E-state index is 11.7. The van der Waals surface area contributed by atoms with Gasteiger partial charge in [-0.05, 0) is 37.0 Å². The third kappa shape index (κ3) is 2.35. The standard InChI is InChI=1S/C15H18N2O3/c18-14-9-12(2-1-6-16-14)17-7-5-10-3-4-11(15(19)20)8-13(10)17/h3-4,8,12H,1-2,5-7,9H2,(H,16,18)(H,19,20). The van der Waals surface area contributed by atoms with Crippen LogP contribution < -0.4 is 10.2 Å². The smallest absolute Gasteiger partial charge is 0.335 e. The number of nitrogens with zero attached hydrogens (tertiary/aromatic N) is 1. The monoisotopic (exact) mass is 274 g/mol. The van der Waals surface area contributed by atoms with E-state index in [0.29, 0.717) is 12.0 Å². The number of nitrogens with one attached hydrogen (secondary N) is 1. The fourth-order valence-corrected chi connectivity index (χ4v) is 3.14. The van der Waals surface area contributed by atoms with Crippen LogP contribution in [0.4, 0.5) is 5.69 Å². The van der Waals surface area contributed by atoms with E-state index >= 15 is 0 Å². The molecule has 0 aliphatic carbocycles. The number of hydrogen-bond donors (Lipinski definition) is 2. The summed E-state index contributed by atoms with van der Waals surface area (Å²) < 4.78 is 0. The molecule has 3 rings (SSSR count). The van der Waals surface area contributed by atoms with Crippen molar-refractivity contribution in [1.29, 1.82) is 0 Å². The Morgan fingerprint density at radius 2 is 2.25 bits per heavy atom. The summed E-state index contributed by atoms with van der Waals surface area (Å²) in [6.45, 7) is 1.61. The van der Waals surface area contributed by atoms with E-state index in [-0.39, 0.29) is 11.9 Å². The SMILES string of the molecule is O=C1CC(N2CCc3ccc(C(=O)O)cc32)CCCN1. The molecule has 0 bridgehead atoms. The van der Waals surface area contributed by atoms with E-state index in [9.17, 15) is 9.59 Å². The molecule has 1 atom stereocenters. The van der Waals surface area contributed by atoms with Crippen LogP contribution in [0.1, 0.15) is 35.2 Å². The first kappa shape index (κ1) is 13.0. The van der Waals surface area contributed by atoms with E-state index in [0.717, 1.165) is 38.0 Å². The molecule has 1 unspecified atom stereocenters. The van der Waals surface area contributed by atoms with Gasteiger partial charge in [-0.25, -0.2) is 4.79 Å². The lowest BCUT2D eigenvalue weighted by molar-refractivity contribution is -0.121. The Morgan fingerprint density at radius 3 is 3.05 bits per heavy atom. The molecule has 2 N–H and O–H groups in total. The number of hydrogen-bond acceptors (Lipinski definition) is 3. The molecule has 2 heterocycles. The van der Waals surface area contributed by atoms with Crippen LogP contribution in [0.25, 0.3) is 0 Å². The molecule has 2 aliphatic heterocycles. The van der Waals surface area contributed by atoms with E-state index in [4.69, 9.17) is 5.11 Å². The fourth-order valence-electron chi connectivity index (χ4n) is 3.14. The molecule has 2 aliphatic rings. The molecule has 1 aromatic carbocycles. The average molecular weight is 274 g/mol. The van der Waals surface area contributed by atoms with Crippen molar-refractivity contribution in [2.45, 2.75) is 31.7 Å². The summed E-state index contributed by atoms with van der Waals surface area (Å²) in [6.07, 6.45) is 3.36. The highest BCUT2D eigenvalue weighted by Gasteiger charge is 2.29. The summed E-state index contributed by atoms with van der Waals surface area (Å²) in [5, 5.41) is 12.0. The van der Waals surface area contributed by atoms with Gasteiger partial charge in [0.2, 0.25) is 5.91 Å². The van der Waals surface area contributed by atoms with Gasteiger partial charge < -0.3 is 15.3 Å². The minimum atomic E-state index is -0.904. The van der Waals surface area contributed by atoms with Crippen LogP contribution in [0, 0.1) is 0 Å². The first-order valence-electron chi connectivity index (χ1n) is 7.05. The minimum Gasteiger partial charge on any atom is -0.478 e. The van der Waals surface area contributed by atoms with Crippen molar-refractivity contribution in [3.63, 3.8) is 0 Å². The van der Waals surface area contributed by atoms with E-state index < -0.39 is 5.97 Å². The van der Waals surface area contributed by atoms with Crippen LogP contribution in [0.3, 0.4) is 0 Å². The Balaban J connectivity index is 1.89. The highest BCUT2D eigenvalue weighted by atomic mass is 16.4. The minimum absolute atomic E-state index is 0.0929. The number of benzene rings is 1. The van der Waals surface area contributed by atoms with Gasteiger partial charge in [-0.3, -0.25) is 4.79 Å². The zero-order chi connectivity index (χ0) is 14.1. The van der Waals surface area contributed by atoms with Crippen molar-refractivity contribution in [3.05, 3.63) is 29.3 Å². The second-order valence-corrected chi connectivity index (χ2v) is 5.44. The quantitative estimate of drug-likeness (QED) is 0.855. The van der Waals surface area contributed by atoms with E-state index in [1.165, 1.54) is 5.56 Å². The predicted octanol–water partition coefficient (Wildman–Crippen LogP) is 1.42. The second-order valence-electron chi connectivity index (χ2n) is 5.44. The molecule has 1 fully saturated rings. The number of rotatable bonds is 2. The first-order valence-corrected chi connectivity index (χ1v) is 7.05. The van der Waals surface area contributed by atoms with Crippen molar-refractivity contribution < 1.29 is 14.7 Å². The zero-order valence-electron chi connectivity index (χ0n) is 11.3. The molecule has 0 aromatic heterocycles. The molecule has 5 heteroatoms. The van der Waals surface area contributed by atoms with Gasteiger partial charge in [0.1, 0.15) is 0 Å². The third-order valence-electron chi connectivity index (χ3n) is 4.16. The maximum Gasteiger partial charge on any atom is 0.335 e. The van der Waals surface area contributed by atoms with Gasteiger partial charge in [-0.15, -0.1) is 0 Å². The van der Waals surface area contributed by atoms with Gasteiger partial charge in [-0.2, -0.15) is 0 Å². The van der Waals surface area contributed by atoms with Crippen LogP contribution in [0.2, 0.25) is 0 Å². The lowest BCUT2D eigenvalue weighted by atomic mass is 10.1. The van der Waals surface area contributed by atoms with Crippen molar-refractivity contribution in [3.8, 4) is 0 Å². The van der Waals surface area contributed by atoms with Crippen molar-refractivity contribution in [1.82, 2.24) is 5.32 Å². The highest BCUT2D eigenvalue weighted by molar-refractivity contribution is 5.89. The van der Waals surface area contributed by atoms with Crippen LogP contribution in [-0.2, 0) is 11.2 Å². The van der Waals surface area contributed by atoms with Crippen molar-refractivity contribution >= 4 is 17.6 Å². The normalized spacial score (nSPS) is 22.1. The molecular weight excluding hydrogens is 256 g/mol. The fraction of sp³-hybridized carbons (Fsp3) is 0.467. The Labute approximate surface area is 117 Å². The van der Waals surface area contributed by atoms with Gasteiger partial charge in [-0.1, -0.05) is 6.07 Å². The largest absolute Gasteiger partial charge is 0.478 e. The molecule has 1 aromatic rings. The summed E-state index contributed by atoms with van der Waals surface area (Å²) in [4.78, 5) is 25.0. The van der Waals surface area contributed by atoms with E-state index in [1.54, 1.807) is 12.1 Å².